The van der Waals surface area contributed by atoms with Crippen molar-refractivity contribution in [3.8, 4) is 11.5 Å². The summed E-state index contributed by atoms with van der Waals surface area (Å²) in [5.74, 6) is 1.27. The highest BCUT2D eigenvalue weighted by Crippen LogP contribution is 2.33. The van der Waals surface area contributed by atoms with E-state index in [0.717, 1.165) is 18.4 Å². The molecule has 0 heterocycles. The number of aromatic hydroxyl groups is 2. The summed E-state index contributed by atoms with van der Waals surface area (Å²) in [6.45, 7) is 6.50. The van der Waals surface area contributed by atoms with E-state index in [4.69, 9.17) is 0 Å². The van der Waals surface area contributed by atoms with E-state index in [2.05, 4.69) is 20.8 Å². The maximum absolute atomic E-state index is 9.43. The highest BCUT2D eigenvalue weighted by atomic mass is 16.3. The van der Waals surface area contributed by atoms with Gasteiger partial charge in [0.1, 0.15) is 11.5 Å². The molecule has 84 valence electrons. The van der Waals surface area contributed by atoms with E-state index >= 15 is 0 Å². The van der Waals surface area contributed by atoms with E-state index < -0.39 is 0 Å². The first-order valence-corrected chi connectivity index (χ1v) is 5.61. The van der Waals surface area contributed by atoms with E-state index in [1.54, 1.807) is 12.1 Å². The molecule has 1 aromatic carbocycles. The summed E-state index contributed by atoms with van der Waals surface area (Å²) in [5.41, 5.74) is 1.03. The zero-order chi connectivity index (χ0) is 11.4. The summed E-state index contributed by atoms with van der Waals surface area (Å²) in [4.78, 5) is 0. The molecule has 2 atom stereocenters. The number of rotatable bonds is 4. The molecule has 0 bridgehead atoms. The summed E-state index contributed by atoms with van der Waals surface area (Å²) >= 11 is 0. The first kappa shape index (κ1) is 11.9. The lowest BCUT2D eigenvalue weighted by atomic mass is 9.83. The lowest BCUT2D eigenvalue weighted by Crippen LogP contribution is -2.07. The second-order valence-corrected chi connectivity index (χ2v) is 4.18. The zero-order valence-electron chi connectivity index (χ0n) is 9.70. The minimum atomic E-state index is 0.145. The van der Waals surface area contributed by atoms with Gasteiger partial charge in [-0.05, 0) is 36.0 Å². The van der Waals surface area contributed by atoms with Gasteiger partial charge in [-0.1, -0.05) is 27.2 Å². The normalized spacial score (nSPS) is 14.9. The van der Waals surface area contributed by atoms with Crippen LogP contribution in [0.5, 0.6) is 11.5 Å². The largest absolute Gasteiger partial charge is 0.508 e. The summed E-state index contributed by atoms with van der Waals surface area (Å²) in [6, 6.07) is 4.87. The molecule has 0 amide bonds. The number of hydrogen-bond donors (Lipinski definition) is 2. The first-order valence-electron chi connectivity index (χ1n) is 5.61. The first-order chi connectivity index (χ1) is 7.08. The quantitative estimate of drug-likeness (QED) is 0.793. The van der Waals surface area contributed by atoms with Crippen molar-refractivity contribution in [2.45, 2.75) is 39.5 Å². The molecule has 1 rings (SSSR count). The molecule has 2 heteroatoms. The molecular weight excluding hydrogens is 188 g/mol. The Morgan fingerprint density at radius 1 is 1.00 bits per heavy atom. The average Bonchev–Trinajstić information content (AvgIpc) is 2.17. The molecule has 0 aromatic heterocycles. The standard InChI is InChI=1S/C13H20O2/c1-4-9(3)13(5-2)10-6-11(14)8-12(15)7-10/h6-9,13-15H,4-5H2,1-3H3. The molecule has 0 aliphatic carbocycles. The van der Waals surface area contributed by atoms with Crippen LogP contribution >= 0.6 is 0 Å². The minimum absolute atomic E-state index is 0.145. The second-order valence-electron chi connectivity index (χ2n) is 4.18. The Morgan fingerprint density at radius 2 is 1.53 bits per heavy atom. The van der Waals surface area contributed by atoms with Crippen molar-refractivity contribution in [3.05, 3.63) is 23.8 Å². The van der Waals surface area contributed by atoms with Crippen molar-refractivity contribution in [3.63, 3.8) is 0 Å². The van der Waals surface area contributed by atoms with E-state index in [9.17, 15) is 10.2 Å². The van der Waals surface area contributed by atoms with Crippen molar-refractivity contribution in [2.24, 2.45) is 5.92 Å². The summed E-state index contributed by atoms with van der Waals surface area (Å²) in [5, 5.41) is 18.9. The molecule has 2 nitrogen and oxygen atoms in total. The fourth-order valence-corrected chi connectivity index (χ4v) is 2.08. The van der Waals surface area contributed by atoms with Crippen LogP contribution < -0.4 is 0 Å². The molecule has 0 aliphatic heterocycles. The van der Waals surface area contributed by atoms with Gasteiger partial charge >= 0.3 is 0 Å². The smallest absolute Gasteiger partial charge is 0.119 e. The van der Waals surface area contributed by atoms with Gasteiger partial charge in [0.25, 0.3) is 0 Å². The number of phenols is 2. The van der Waals surface area contributed by atoms with E-state index in [-0.39, 0.29) is 11.5 Å². The fourth-order valence-electron chi connectivity index (χ4n) is 2.08. The van der Waals surface area contributed by atoms with Gasteiger partial charge in [0.15, 0.2) is 0 Å². The van der Waals surface area contributed by atoms with E-state index in [1.807, 2.05) is 0 Å². The number of benzene rings is 1. The Bertz CT molecular complexity index is 300. The monoisotopic (exact) mass is 208 g/mol. The van der Waals surface area contributed by atoms with Gasteiger partial charge < -0.3 is 10.2 Å². The maximum Gasteiger partial charge on any atom is 0.119 e. The molecule has 0 saturated heterocycles. The Kier molecular flexibility index (Phi) is 4.01. The molecule has 0 saturated carbocycles. The van der Waals surface area contributed by atoms with Crippen LogP contribution in [0.2, 0.25) is 0 Å². The fraction of sp³-hybridized carbons (Fsp3) is 0.538. The summed E-state index contributed by atoms with van der Waals surface area (Å²) < 4.78 is 0. The molecule has 15 heavy (non-hydrogen) atoms. The van der Waals surface area contributed by atoms with Crippen LogP contribution in [0, 0.1) is 5.92 Å². The van der Waals surface area contributed by atoms with Crippen LogP contribution in [0.25, 0.3) is 0 Å². The van der Waals surface area contributed by atoms with Crippen LogP contribution in [-0.2, 0) is 0 Å². The van der Waals surface area contributed by atoms with Gasteiger partial charge in [0.2, 0.25) is 0 Å². The van der Waals surface area contributed by atoms with Crippen LogP contribution in [-0.4, -0.2) is 10.2 Å². The molecular formula is C13H20O2. The predicted molar refractivity (Wildman–Crippen MR) is 62.3 cm³/mol. The third-order valence-corrected chi connectivity index (χ3v) is 3.12. The molecule has 0 fully saturated rings. The predicted octanol–water partition coefficient (Wildman–Crippen LogP) is 3.64. The summed E-state index contributed by atoms with van der Waals surface area (Å²) in [7, 11) is 0. The lowest BCUT2D eigenvalue weighted by Gasteiger charge is -2.22. The second kappa shape index (κ2) is 5.06. The van der Waals surface area contributed by atoms with Crippen LogP contribution in [0.3, 0.4) is 0 Å². The molecule has 2 N–H and O–H groups in total. The minimum Gasteiger partial charge on any atom is -0.508 e. The molecule has 0 aliphatic rings. The molecule has 2 unspecified atom stereocenters. The highest BCUT2D eigenvalue weighted by molar-refractivity contribution is 5.38. The van der Waals surface area contributed by atoms with Gasteiger partial charge in [-0.25, -0.2) is 0 Å². The van der Waals surface area contributed by atoms with Crippen LogP contribution in [0.15, 0.2) is 18.2 Å². The van der Waals surface area contributed by atoms with Crippen molar-refractivity contribution >= 4 is 0 Å². The van der Waals surface area contributed by atoms with Gasteiger partial charge in [0, 0.05) is 6.07 Å². The molecule has 0 radical (unpaired) electrons. The Balaban J connectivity index is 3.01. The van der Waals surface area contributed by atoms with Crippen LogP contribution in [0.4, 0.5) is 0 Å². The lowest BCUT2D eigenvalue weighted by molar-refractivity contribution is 0.420. The van der Waals surface area contributed by atoms with Gasteiger partial charge in [-0.2, -0.15) is 0 Å². The topological polar surface area (TPSA) is 40.5 Å². The maximum atomic E-state index is 9.43. The Hall–Kier alpha value is -1.18. The van der Waals surface area contributed by atoms with Crippen molar-refractivity contribution in [2.75, 3.05) is 0 Å². The van der Waals surface area contributed by atoms with Crippen LogP contribution in [0.1, 0.15) is 45.1 Å². The number of hydrogen-bond acceptors (Lipinski definition) is 2. The Labute approximate surface area is 91.6 Å². The molecule has 1 aromatic rings. The average molecular weight is 208 g/mol. The van der Waals surface area contributed by atoms with Gasteiger partial charge in [-0.3, -0.25) is 0 Å². The zero-order valence-corrected chi connectivity index (χ0v) is 9.70. The number of phenolic OH excluding ortho intramolecular Hbond substituents is 2. The highest BCUT2D eigenvalue weighted by Gasteiger charge is 2.17. The van der Waals surface area contributed by atoms with Crippen molar-refractivity contribution < 1.29 is 10.2 Å². The van der Waals surface area contributed by atoms with E-state index in [1.165, 1.54) is 6.07 Å². The molecule has 0 spiro atoms. The Morgan fingerprint density at radius 3 is 1.93 bits per heavy atom. The summed E-state index contributed by atoms with van der Waals surface area (Å²) in [6.07, 6.45) is 2.13. The SMILES string of the molecule is CCC(C)C(CC)c1cc(O)cc(O)c1. The van der Waals surface area contributed by atoms with Crippen molar-refractivity contribution in [1.29, 1.82) is 0 Å². The van der Waals surface area contributed by atoms with Gasteiger partial charge in [-0.15, -0.1) is 0 Å². The van der Waals surface area contributed by atoms with Crippen molar-refractivity contribution in [1.82, 2.24) is 0 Å². The third kappa shape index (κ3) is 2.88. The van der Waals surface area contributed by atoms with Gasteiger partial charge in [0.05, 0.1) is 0 Å². The van der Waals surface area contributed by atoms with E-state index in [0.29, 0.717) is 11.8 Å². The third-order valence-electron chi connectivity index (χ3n) is 3.12.